The summed E-state index contributed by atoms with van der Waals surface area (Å²) in [4.78, 5) is 24.4. The average molecular weight is 167 g/mol. The Hall–Kier alpha value is -0.860. The Morgan fingerprint density at radius 1 is 1.33 bits per heavy atom. The van der Waals surface area contributed by atoms with E-state index in [0.717, 1.165) is 6.42 Å². The number of rotatable bonds is 0. The van der Waals surface area contributed by atoms with E-state index < -0.39 is 0 Å². The normalized spacial score (nSPS) is 35.6. The van der Waals surface area contributed by atoms with Crippen LogP contribution in [0.3, 0.4) is 0 Å². The fourth-order valence-electron chi connectivity index (χ4n) is 2.28. The number of carbonyl (C=O) groups excluding carboxylic acids is 2. The summed E-state index contributed by atoms with van der Waals surface area (Å²) in [7, 11) is 0. The molecule has 2 saturated heterocycles. The summed E-state index contributed by atoms with van der Waals surface area (Å²) in [6.07, 6.45) is 2.61. The molecule has 66 valence electrons. The minimum Gasteiger partial charge on any atom is -0.336 e. The molecule has 0 aromatic heterocycles. The summed E-state index contributed by atoms with van der Waals surface area (Å²) in [5, 5.41) is 0. The summed E-state index contributed by atoms with van der Waals surface area (Å²) in [5.74, 6) is 0.536. The molecule has 1 unspecified atom stereocenters. The van der Waals surface area contributed by atoms with Crippen LogP contribution in [0.4, 0.5) is 0 Å². The van der Waals surface area contributed by atoms with Gasteiger partial charge in [-0.25, -0.2) is 0 Å². The van der Waals surface area contributed by atoms with Crippen LogP contribution < -0.4 is 0 Å². The molecule has 3 heteroatoms. The van der Waals surface area contributed by atoms with Crippen LogP contribution in [-0.4, -0.2) is 28.7 Å². The Bertz CT molecular complexity index is 249. The van der Waals surface area contributed by atoms with Crippen LogP contribution in [0.15, 0.2) is 0 Å². The molecule has 2 heterocycles. The van der Waals surface area contributed by atoms with E-state index in [-0.39, 0.29) is 11.4 Å². The molecular formula is C9H13NO2. The highest BCUT2D eigenvalue weighted by Crippen LogP contribution is 2.36. The first-order valence-corrected chi connectivity index (χ1v) is 4.44. The van der Waals surface area contributed by atoms with Crippen LogP contribution in [0.1, 0.15) is 32.6 Å². The van der Waals surface area contributed by atoms with Crippen molar-refractivity contribution < 1.29 is 9.59 Å². The Kier molecular flexibility index (Phi) is 1.50. The standard InChI is InChI=1S/C9H13NO2/c1-9-4-2-8(12)10(9)5-3-7(11)6-9/h2-6H2,1H3. The number of piperidine rings is 1. The minimum absolute atomic E-state index is 0.133. The van der Waals surface area contributed by atoms with Crippen LogP contribution in [0.5, 0.6) is 0 Å². The largest absolute Gasteiger partial charge is 0.336 e. The quantitative estimate of drug-likeness (QED) is 0.533. The highest BCUT2D eigenvalue weighted by Gasteiger charge is 2.45. The number of Topliss-reactive ketones (excluding diaryl/α,β-unsaturated/α-hetero) is 1. The fourth-order valence-corrected chi connectivity index (χ4v) is 2.28. The van der Waals surface area contributed by atoms with E-state index in [0.29, 0.717) is 31.6 Å². The topological polar surface area (TPSA) is 37.4 Å². The van der Waals surface area contributed by atoms with Crippen molar-refractivity contribution in [2.24, 2.45) is 0 Å². The van der Waals surface area contributed by atoms with Gasteiger partial charge in [-0.3, -0.25) is 9.59 Å². The summed E-state index contributed by atoms with van der Waals surface area (Å²) in [6, 6.07) is 0. The van der Waals surface area contributed by atoms with Gasteiger partial charge in [0.1, 0.15) is 5.78 Å². The molecule has 3 nitrogen and oxygen atoms in total. The lowest BCUT2D eigenvalue weighted by molar-refractivity contribution is -0.136. The second kappa shape index (κ2) is 2.31. The van der Waals surface area contributed by atoms with Crippen molar-refractivity contribution >= 4 is 11.7 Å². The molecule has 0 bridgehead atoms. The van der Waals surface area contributed by atoms with Crippen molar-refractivity contribution in [3.8, 4) is 0 Å². The SMILES string of the molecule is CC12CCC(=O)N1CCC(=O)C2. The molecule has 2 fully saturated rings. The van der Waals surface area contributed by atoms with E-state index >= 15 is 0 Å². The molecular weight excluding hydrogens is 154 g/mol. The lowest BCUT2D eigenvalue weighted by atomic mass is 9.88. The smallest absolute Gasteiger partial charge is 0.223 e. The molecule has 0 N–H and O–H groups in total. The zero-order valence-electron chi connectivity index (χ0n) is 7.30. The molecule has 2 aliphatic heterocycles. The van der Waals surface area contributed by atoms with Crippen molar-refractivity contribution in [2.75, 3.05) is 6.54 Å². The predicted molar refractivity (Wildman–Crippen MR) is 43.6 cm³/mol. The van der Waals surface area contributed by atoms with Crippen molar-refractivity contribution in [1.82, 2.24) is 4.90 Å². The molecule has 0 aromatic rings. The number of hydrogen-bond donors (Lipinski definition) is 0. The second-order valence-electron chi connectivity index (χ2n) is 4.01. The number of hydrogen-bond acceptors (Lipinski definition) is 2. The van der Waals surface area contributed by atoms with Crippen LogP contribution >= 0.6 is 0 Å². The van der Waals surface area contributed by atoms with Gasteiger partial charge in [0, 0.05) is 31.3 Å². The van der Waals surface area contributed by atoms with Gasteiger partial charge in [0.2, 0.25) is 5.91 Å². The molecule has 0 aromatic carbocycles. The Morgan fingerprint density at radius 2 is 2.08 bits per heavy atom. The monoisotopic (exact) mass is 167 g/mol. The third kappa shape index (κ3) is 0.958. The van der Waals surface area contributed by atoms with Crippen molar-refractivity contribution in [3.05, 3.63) is 0 Å². The van der Waals surface area contributed by atoms with Gasteiger partial charge in [-0.05, 0) is 13.3 Å². The van der Waals surface area contributed by atoms with Gasteiger partial charge in [0.25, 0.3) is 0 Å². The highest BCUT2D eigenvalue weighted by molar-refractivity contribution is 5.87. The maximum atomic E-state index is 11.3. The molecule has 1 amide bonds. The van der Waals surface area contributed by atoms with Gasteiger partial charge in [0.05, 0.1) is 0 Å². The van der Waals surface area contributed by atoms with Gasteiger partial charge >= 0.3 is 0 Å². The zero-order chi connectivity index (χ0) is 8.77. The molecule has 12 heavy (non-hydrogen) atoms. The lowest BCUT2D eigenvalue weighted by Crippen LogP contribution is -2.49. The van der Waals surface area contributed by atoms with E-state index in [1.807, 2.05) is 11.8 Å². The molecule has 0 radical (unpaired) electrons. The van der Waals surface area contributed by atoms with Gasteiger partial charge in [-0.2, -0.15) is 0 Å². The van der Waals surface area contributed by atoms with E-state index in [9.17, 15) is 9.59 Å². The first kappa shape index (κ1) is 7.77. The van der Waals surface area contributed by atoms with E-state index in [2.05, 4.69) is 0 Å². The van der Waals surface area contributed by atoms with Gasteiger partial charge in [-0.15, -0.1) is 0 Å². The van der Waals surface area contributed by atoms with Crippen molar-refractivity contribution in [2.45, 2.75) is 38.1 Å². The fraction of sp³-hybridized carbons (Fsp3) is 0.778. The van der Waals surface area contributed by atoms with Gasteiger partial charge < -0.3 is 4.90 Å². The average Bonchev–Trinajstić information content (AvgIpc) is 2.27. The Morgan fingerprint density at radius 3 is 2.83 bits per heavy atom. The molecule has 1 atom stereocenters. The molecule has 2 aliphatic rings. The summed E-state index contributed by atoms with van der Waals surface area (Å²) in [6.45, 7) is 2.67. The first-order chi connectivity index (χ1) is 5.62. The van der Waals surface area contributed by atoms with Crippen LogP contribution in [0.25, 0.3) is 0 Å². The third-order valence-electron chi connectivity index (χ3n) is 3.02. The third-order valence-corrected chi connectivity index (χ3v) is 3.02. The summed E-state index contributed by atoms with van der Waals surface area (Å²) < 4.78 is 0. The zero-order valence-corrected chi connectivity index (χ0v) is 7.30. The van der Waals surface area contributed by atoms with E-state index in [4.69, 9.17) is 0 Å². The molecule has 0 spiro atoms. The van der Waals surface area contributed by atoms with Crippen LogP contribution in [0, 0.1) is 0 Å². The lowest BCUT2D eigenvalue weighted by Gasteiger charge is -2.38. The van der Waals surface area contributed by atoms with Crippen molar-refractivity contribution in [1.29, 1.82) is 0 Å². The maximum absolute atomic E-state index is 11.3. The van der Waals surface area contributed by atoms with Gasteiger partial charge in [0.15, 0.2) is 0 Å². The van der Waals surface area contributed by atoms with Crippen LogP contribution in [0.2, 0.25) is 0 Å². The van der Waals surface area contributed by atoms with Gasteiger partial charge in [-0.1, -0.05) is 0 Å². The number of amides is 1. The Labute approximate surface area is 71.7 Å². The summed E-state index contributed by atoms with van der Waals surface area (Å²) >= 11 is 0. The predicted octanol–water partition coefficient (Wildman–Crippen LogP) is 0.730. The highest BCUT2D eigenvalue weighted by atomic mass is 16.2. The second-order valence-corrected chi connectivity index (χ2v) is 4.01. The minimum atomic E-state index is -0.133. The molecule has 0 aliphatic carbocycles. The summed E-state index contributed by atoms with van der Waals surface area (Å²) in [5.41, 5.74) is -0.133. The number of fused-ring (bicyclic) bond motifs is 1. The number of carbonyl (C=O) groups is 2. The van der Waals surface area contributed by atoms with E-state index in [1.165, 1.54) is 0 Å². The number of nitrogens with zero attached hydrogens (tertiary/aromatic N) is 1. The first-order valence-electron chi connectivity index (χ1n) is 4.44. The van der Waals surface area contributed by atoms with Crippen LogP contribution in [-0.2, 0) is 9.59 Å². The Balaban J connectivity index is 2.24. The number of ketones is 1. The molecule has 0 saturated carbocycles. The maximum Gasteiger partial charge on any atom is 0.223 e. The van der Waals surface area contributed by atoms with Crippen molar-refractivity contribution in [3.63, 3.8) is 0 Å². The molecule has 2 rings (SSSR count). The van der Waals surface area contributed by atoms with E-state index in [1.54, 1.807) is 0 Å².